The van der Waals surface area contributed by atoms with Gasteiger partial charge < -0.3 is 14.7 Å². The molecule has 0 bridgehead atoms. The number of nitrogens with zero attached hydrogens (tertiary/aromatic N) is 3. The van der Waals surface area contributed by atoms with Crippen molar-refractivity contribution in [3.05, 3.63) is 11.9 Å². The lowest BCUT2D eigenvalue weighted by atomic mass is 9.94. The lowest BCUT2D eigenvalue weighted by Crippen LogP contribution is -2.22. The first-order chi connectivity index (χ1) is 10.1. The number of methoxy groups -OCH3 is 1. The third-order valence-corrected chi connectivity index (χ3v) is 5.09. The van der Waals surface area contributed by atoms with E-state index in [2.05, 4.69) is 10.00 Å². The standard InChI is InChI=1S/C15H27N3O2S/c1-17(2)6-7-18-15(14(20-3)11-16-18)13(19)10-12-4-8-21-9-5-12/h11-13,19H,4-10H2,1-3H3. The van der Waals surface area contributed by atoms with E-state index in [0.29, 0.717) is 11.7 Å². The molecule has 0 saturated carbocycles. The molecule has 2 heterocycles. The van der Waals surface area contributed by atoms with E-state index in [-0.39, 0.29) is 0 Å². The van der Waals surface area contributed by atoms with Gasteiger partial charge in [0.2, 0.25) is 0 Å². The maximum Gasteiger partial charge on any atom is 0.162 e. The number of rotatable bonds is 7. The van der Waals surface area contributed by atoms with Crippen LogP contribution in [0.15, 0.2) is 6.20 Å². The minimum Gasteiger partial charge on any atom is -0.493 e. The van der Waals surface area contributed by atoms with Gasteiger partial charge >= 0.3 is 0 Å². The summed E-state index contributed by atoms with van der Waals surface area (Å²) in [6, 6.07) is 0. The molecule has 0 amide bonds. The average molecular weight is 313 g/mol. The number of ether oxygens (including phenoxy) is 1. The van der Waals surface area contributed by atoms with Gasteiger partial charge in [0, 0.05) is 6.54 Å². The fourth-order valence-electron chi connectivity index (χ4n) is 2.75. The number of hydrogen-bond acceptors (Lipinski definition) is 5. The number of aliphatic hydroxyl groups is 1. The molecule has 0 aromatic carbocycles. The van der Waals surface area contributed by atoms with Crippen molar-refractivity contribution in [2.75, 3.05) is 39.3 Å². The molecule has 1 aromatic rings. The molecule has 1 unspecified atom stereocenters. The Morgan fingerprint density at radius 3 is 2.81 bits per heavy atom. The third-order valence-electron chi connectivity index (χ3n) is 4.04. The normalized spacial score (nSPS) is 18.1. The topological polar surface area (TPSA) is 50.5 Å². The predicted molar refractivity (Wildman–Crippen MR) is 87.0 cm³/mol. The van der Waals surface area contributed by atoms with E-state index in [0.717, 1.165) is 25.2 Å². The molecule has 1 aliphatic heterocycles. The van der Waals surface area contributed by atoms with Crippen molar-refractivity contribution in [3.63, 3.8) is 0 Å². The fourth-order valence-corrected chi connectivity index (χ4v) is 3.96. The van der Waals surface area contributed by atoms with Crippen molar-refractivity contribution in [3.8, 4) is 5.75 Å². The van der Waals surface area contributed by atoms with Crippen LogP contribution in [0.4, 0.5) is 0 Å². The van der Waals surface area contributed by atoms with Gasteiger partial charge in [-0.15, -0.1) is 0 Å². The molecule has 1 fully saturated rings. The number of aromatic nitrogens is 2. The predicted octanol–water partition coefficient (Wildman–Crippen LogP) is 2.02. The quantitative estimate of drug-likeness (QED) is 0.834. The molecular formula is C15H27N3O2S. The first kappa shape index (κ1) is 16.6. The van der Waals surface area contributed by atoms with Gasteiger partial charge in [-0.3, -0.25) is 4.68 Å². The molecule has 0 aliphatic carbocycles. The molecule has 1 aliphatic rings. The van der Waals surface area contributed by atoms with Gasteiger partial charge in [-0.2, -0.15) is 16.9 Å². The Morgan fingerprint density at radius 1 is 1.48 bits per heavy atom. The van der Waals surface area contributed by atoms with E-state index >= 15 is 0 Å². The second-order valence-electron chi connectivity index (χ2n) is 5.93. The van der Waals surface area contributed by atoms with E-state index < -0.39 is 6.10 Å². The maximum atomic E-state index is 10.7. The molecule has 5 nitrogen and oxygen atoms in total. The molecular weight excluding hydrogens is 286 g/mol. The van der Waals surface area contributed by atoms with Crippen LogP contribution in [0.1, 0.15) is 31.1 Å². The molecule has 0 radical (unpaired) electrons. The third kappa shape index (κ3) is 4.63. The summed E-state index contributed by atoms with van der Waals surface area (Å²) in [4.78, 5) is 2.11. The second-order valence-corrected chi connectivity index (χ2v) is 7.16. The number of aliphatic hydroxyl groups excluding tert-OH is 1. The zero-order chi connectivity index (χ0) is 15.2. The van der Waals surface area contributed by atoms with Gasteiger partial charge in [0.1, 0.15) is 5.69 Å². The van der Waals surface area contributed by atoms with Crippen molar-refractivity contribution >= 4 is 11.8 Å². The lowest BCUT2D eigenvalue weighted by Gasteiger charge is -2.24. The summed E-state index contributed by atoms with van der Waals surface area (Å²) in [5, 5.41) is 15.0. The summed E-state index contributed by atoms with van der Waals surface area (Å²) in [5.74, 6) is 3.75. The minimum absolute atomic E-state index is 0.488. The molecule has 21 heavy (non-hydrogen) atoms. The Bertz CT molecular complexity index is 431. The highest BCUT2D eigenvalue weighted by Crippen LogP contribution is 2.34. The summed E-state index contributed by atoms with van der Waals surface area (Å²) in [6.07, 6.45) is 4.44. The molecule has 1 N–H and O–H groups in total. The van der Waals surface area contributed by atoms with E-state index in [1.54, 1.807) is 13.3 Å². The van der Waals surface area contributed by atoms with Gasteiger partial charge in [0.05, 0.1) is 26.0 Å². The smallest absolute Gasteiger partial charge is 0.162 e. The van der Waals surface area contributed by atoms with E-state index in [4.69, 9.17) is 4.74 Å². The summed E-state index contributed by atoms with van der Waals surface area (Å²) in [6.45, 7) is 1.66. The minimum atomic E-state index is -0.488. The molecule has 6 heteroatoms. The van der Waals surface area contributed by atoms with E-state index in [9.17, 15) is 5.11 Å². The van der Waals surface area contributed by atoms with Crippen molar-refractivity contribution in [1.29, 1.82) is 0 Å². The Balaban J connectivity index is 2.05. The highest BCUT2D eigenvalue weighted by molar-refractivity contribution is 7.99. The van der Waals surface area contributed by atoms with Crippen molar-refractivity contribution in [2.24, 2.45) is 5.92 Å². The van der Waals surface area contributed by atoms with Crippen LogP contribution in [-0.4, -0.2) is 59.0 Å². The molecule has 0 spiro atoms. The summed E-state index contributed by atoms with van der Waals surface area (Å²) >= 11 is 2.02. The van der Waals surface area contributed by atoms with Gasteiger partial charge in [-0.1, -0.05) is 0 Å². The largest absolute Gasteiger partial charge is 0.493 e. The van der Waals surface area contributed by atoms with E-state index in [1.807, 2.05) is 30.5 Å². The maximum absolute atomic E-state index is 10.7. The molecule has 2 rings (SSSR count). The Morgan fingerprint density at radius 2 is 2.19 bits per heavy atom. The first-order valence-electron chi connectivity index (χ1n) is 7.62. The van der Waals surface area contributed by atoms with Crippen LogP contribution in [0, 0.1) is 5.92 Å². The van der Waals surface area contributed by atoms with Crippen LogP contribution >= 0.6 is 11.8 Å². The zero-order valence-corrected chi connectivity index (χ0v) is 14.1. The lowest BCUT2D eigenvalue weighted by molar-refractivity contribution is 0.127. The Kier molecular flexibility index (Phi) is 6.39. The Hall–Kier alpha value is -0.720. The average Bonchev–Trinajstić information content (AvgIpc) is 2.89. The summed E-state index contributed by atoms with van der Waals surface area (Å²) in [5.41, 5.74) is 0.831. The fraction of sp³-hybridized carbons (Fsp3) is 0.800. The van der Waals surface area contributed by atoms with Crippen LogP contribution in [0.3, 0.4) is 0 Å². The molecule has 1 saturated heterocycles. The van der Waals surface area contributed by atoms with Crippen LogP contribution in [0.25, 0.3) is 0 Å². The van der Waals surface area contributed by atoms with Crippen molar-refractivity contribution in [1.82, 2.24) is 14.7 Å². The molecule has 120 valence electrons. The van der Waals surface area contributed by atoms with Crippen molar-refractivity contribution in [2.45, 2.75) is 31.9 Å². The zero-order valence-electron chi connectivity index (χ0n) is 13.3. The van der Waals surface area contributed by atoms with Crippen LogP contribution < -0.4 is 4.74 Å². The van der Waals surface area contributed by atoms with Gasteiger partial charge in [0.15, 0.2) is 5.75 Å². The van der Waals surface area contributed by atoms with Crippen molar-refractivity contribution < 1.29 is 9.84 Å². The monoisotopic (exact) mass is 313 g/mol. The van der Waals surface area contributed by atoms with E-state index in [1.165, 1.54) is 24.3 Å². The first-order valence-corrected chi connectivity index (χ1v) is 8.77. The number of thioether (sulfide) groups is 1. The molecule has 1 atom stereocenters. The highest BCUT2D eigenvalue weighted by atomic mass is 32.2. The van der Waals surface area contributed by atoms with Crippen LogP contribution in [-0.2, 0) is 6.54 Å². The van der Waals surface area contributed by atoms with Gasteiger partial charge in [-0.05, 0) is 50.8 Å². The summed E-state index contributed by atoms with van der Waals surface area (Å²) < 4.78 is 7.27. The van der Waals surface area contributed by atoms with Crippen LogP contribution in [0.2, 0.25) is 0 Å². The molecule has 1 aromatic heterocycles. The second kappa shape index (κ2) is 8.06. The SMILES string of the molecule is COc1cnn(CCN(C)C)c1C(O)CC1CCSCC1. The number of likely N-dealkylation sites (N-methyl/N-ethyl adjacent to an activating group) is 1. The summed E-state index contributed by atoms with van der Waals surface area (Å²) in [7, 11) is 5.72. The van der Waals surface area contributed by atoms with Gasteiger partial charge in [-0.25, -0.2) is 0 Å². The Labute approximate surface area is 131 Å². The number of hydrogen-bond donors (Lipinski definition) is 1. The van der Waals surface area contributed by atoms with Crippen LogP contribution in [0.5, 0.6) is 5.75 Å². The highest BCUT2D eigenvalue weighted by Gasteiger charge is 2.24. The van der Waals surface area contributed by atoms with Gasteiger partial charge in [0.25, 0.3) is 0 Å².